The van der Waals surface area contributed by atoms with Crippen molar-refractivity contribution in [2.75, 3.05) is 5.32 Å². The minimum Gasteiger partial charge on any atom is -0.365 e. The van der Waals surface area contributed by atoms with E-state index in [-0.39, 0.29) is 0 Å². The third-order valence-corrected chi connectivity index (χ3v) is 3.38. The molecule has 0 unspecified atom stereocenters. The highest BCUT2D eigenvalue weighted by molar-refractivity contribution is 5.87. The molecule has 0 fully saturated rings. The average Bonchev–Trinajstić information content (AvgIpc) is 2.46. The van der Waals surface area contributed by atoms with Crippen LogP contribution in [0, 0.1) is 13.8 Å². The second-order valence-corrected chi connectivity index (χ2v) is 4.90. The summed E-state index contributed by atoms with van der Waals surface area (Å²) < 4.78 is 0. The highest BCUT2D eigenvalue weighted by Crippen LogP contribution is 2.19. The van der Waals surface area contributed by atoms with Crippen LogP contribution in [0.4, 0.5) is 5.82 Å². The van der Waals surface area contributed by atoms with Crippen LogP contribution in [-0.4, -0.2) is 15.0 Å². The molecule has 0 saturated carbocycles. The van der Waals surface area contributed by atoms with Crippen molar-refractivity contribution in [3.05, 3.63) is 59.7 Å². The number of pyridine rings is 1. The Kier molecular flexibility index (Phi) is 3.29. The second-order valence-electron chi connectivity index (χ2n) is 4.90. The van der Waals surface area contributed by atoms with Crippen LogP contribution in [0.5, 0.6) is 0 Å². The number of nitrogens with zero attached hydrogens (tertiary/aromatic N) is 3. The number of rotatable bonds is 3. The molecule has 0 aliphatic heterocycles. The zero-order valence-electron chi connectivity index (χ0n) is 11.6. The first kappa shape index (κ1) is 12.5. The van der Waals surface area contributed by atoms with E-state index in [4.69, 9.17) is 0 Å². The molecule has 3 rings (SSSR count). The Morgan fingerprint density at radius 3 is 2.85 bits per heavy atom. The maximum absolute atomic E-state index is 4.31. The van der Waals surface area contributed by atoms with Crippen LogP contribution >= 0.6 is 0 Å². The smallest absolute Gasteiger partial charge is 0.139 e. The molecule has 0 aliphatic rings. The van der Waals surface area contributed by atoms with Gasteiger partial charge in [-0.15, -0.1) is 0 Å². The molecular weight excluding hydrogens is 248 g/mol. The molecule has 0 aliphatic carbocycles. The molecule has 3 aromatic rings. The Morgan fingerprint density at radius 1 is 1.10 bits per heavy atom. The number of aryl methyl sites for hydroxylation is 2. The topological polar surface area (TPSA) is 50.7 Å². The molecule has 0 saturated heterocycles. The lowest BCUT2D eigenvalue weighted by Gasteiger charge is -2.10. The first-order valence-corrected chi connectivity index (χ1v) is 6.59. The summed E-state index contributed by atoms with van der Waals surface area (Å²) in [7, 11) is 0. The van der Waals surface area contributed by atoms with Crippen LogP contribution in [0.2, 0.25) is 0 Å². The van der Waals surface area contributed by atoms with Crippen LogP contribution in [-0.2, 0) is 6.54 Å². The van der Waals surface area contributed by atoms with E-state index in [0.29, 0.717) is 0 Å². The van der Waals surface area contributed by atoms with Gasteiger partial charge in [-0.05, 0) is 31.0 Å². The van der Waals surface area contributed by atoms with E-state index >= 15 is 0 Å². The van der Waals surface area contributed by atoms with E-state index in [1.807, 2.05) is 6.07 Å². The Hall–Kier alpha value is -2.49. The molecular formula is C16H16N4. The van der Waals surface area contributed by atoms with Crippen LogP contribution < -0.4 is 5.32 Å². The van der Waals surface area contributed by atoms with Gasteiger partial charge in [-0.1, -0.05) is 23.8 Å². The van der Waals surface area contributed by atoms with Gasteiger partial charge in [0, 0.05) is 18.9 Å². The van der Waals surface area contributed by atoms with Gasteiger partial charge in [0.15, 0.2) is 0 Å². The van der Waals surface area contributed by atoms with Crippen molar-refractivity contribution in [1.82, 2.24) is 15.0 Å². The maximum atomic E-state index is 4.31. The number of aromatic nitrogens is 3. The zero-order valence-corrected chi connectivity index (χ0v) is 11.6. The molecule has 4 heteroatoms. The Labute approximate surface area is 117 Å². The average molecular weight is 264 g/mol. The molecule has 0 amide bonds. The number of hydrogen-bond acceptors (Lipinski definition) is 4. The van der Waals surface area contributed by atoms with Crippen molar-refractivity contribution >= 4 is 16.7 Å². The summed E-state index contributed by atoms with van der Waals surface area (Å²) in [5, 5.41) is 4.32. The number of fused-ring (bicyclic) bond motifs is 1. The highest BCUT2D eigenvalue weighted by atomic mass is 15.0. The summed E-state index contributed by atoms with van der Waals surface area (Å²) >= 11 is 0. The van der Waals surface area contributed by atoms with Gasteiger partial charge in [-0.3, -0.25) is 4.98 Å². The van der Waals surface area contributed by atoms with Crippen molar-refractivity contribution < 1.29 is 0 Å². The molecule has 1 N–H and O–H groups in total. The first-order valence-electron chi connectivity index (χ1n) is 6.59. The third-order valence-electron chi connectivity index (χ3n) is 3.38. The van der Waals surface area contributed by atoms with Crippen molar-refractivity contribution in [1.29, 1.82) is 0 Å². The maximum Gasteiger partial charge on any atom is 0.139 e. The van der Waals surface area contributed by atoms with Gasteiger partial charge in [0.1, 0.15) is 12.1 Å². The van der Waals surface area contributed by atoms with Gasteiger partial charge >= 0.3 is 0 Å². The molecule has 0 radical (unpaired) electrons. The summed E-state index contributed by atoms with van der Waals surface area (Å²) in [5.41, 5.74) is 4.74. The van der Waals surface area contributed by atoms with Gasteiger partial charge in [0.2, 0.25) is 0 Å². The lowest BCUT2D eigenvalue weighted by Crippen LogP contribution is -2.04. The molecule has 2 aromatic heterocycles. The number of nitrogens with one attached hydrogen (secondary N) is 1. The molecule has 100 valence electrons. The van der Waals surface area contributed by atoms with E-state index in [0.717, 1.165) is 23.3 Å². The minimum atomic E-state index is 0.743. The SMILES string of the molecule is Cc1ccc(CNc2ncnc3ccncc23)c(C)c1. The Balaban J connectivity index is 1.87. The van der Waals surface area contributed by atoms with E-state index in [1.165, 1.54) is 16.7 Å². The number of benzene rings is 1. The molecule has 0 bridgehead atoms. The van der Waals surface area contributed by atoms with Crippen molar-refractivity contribution in [3.8, 4) is 0 Å². The standard InChI is InChI=1S/C16H16N4/c1-11-3-4-13(12(2)7-11)8-18-16-14-9-17-6-5-15(14)19-10-20-16/h3-7,9-10H,8H2,1-2H3,(H,18,19,20). The van der Waals surface area contributed by atoms with Crippen LogP contribution in [0.3, 0.4) is 0 Å². The van der Waals surface area contributed by atoms with Crippen LogP contribution in [0.15, 0.2) is 43.0 Å². The van der Waals surface area contributed by atoms with Crippen LogP contribution in [0.25, 0.3) is 10.9 Å². The molecule has 2 heterocycles. The second kappa shape index (κ2) is 5.25. The quantitative estimate of drug-likeness (QED) is 0.789. The lowest BCUT2D eigenvalue weighted by atomic mass is 10.1. The Morgan fingerprint density at radius 2 is 2.00 bits per heavy atom. The monoisotopic (exact) mass is 264 g/mol. The number of hydrogen-bond donors (Lipinski definition) is 1. The van der Waals surface area contributed by atoms with Gasteiger partial charge in [-0.2, -0.15) is 0 Å². The van der Waals surface area contributed by atoms with E-state index in [1.54, 1.807) is 18.7 Å². The minimum absolute atomic E-state index is 0.743. The summed E-state index contributed by atoms with van der Waals surface area (Å²) in [6, 6.07) is 8.36. The molecule has 0 atom stereocenters. The van der Waals surface area contributed by atoms with Gasteiger partial charge in [0.05, 0.1) is 10.9 Å². The largest absolute Gasteiger partial charge is 0.365 e. The molecule has 4 nitrogen and oxygen atoms in total. The fourth-order valence-electron chi connectivity index (χ4n) is 2.26. The van der Waals surface area contributed by atoms with Crippen molar-refractivity contribution in [2.45, 2.75) is 20.4 Å². The van der Waals surface area contributed by atoms with Gasteiger partial charge in [0.25, 0.3) is 0 Å². The van der Waals surface area contributed by atoms with E-state index < -0.39 is 0 Å². The number of anilines is 1. The predicted molar refractivity (Wildman–Crippen MR) is 80.6 cm³/mol. The fourth-order valence-corrected chi connectivity index (χ4v) is 2.26. The van der Waals surface area contributed by atoms with E-state index in [9.17, 15) is 0 Å². The molecule has 0 spiro atoms. The molecule has 20 heavy (non-hydrogen) atoms. The Bertz CT molecular complexity index is 747. The summed E-state index contributed by atoms with van der Waals surface area (Å²) in [6.45, 7) is 4.98. The van der Waals surface area contributed by atoms with Gasteiger partial charge < -0.3 is 5.32 Å². The predicted octanol–water partition coefficient (Wildman–Crippen LogP) is 3.25. The molecule has 1 aromatic carbocycles. The summed E-state index contributed by atoms with van der Waals surface area (Å²) in [5.74, 6) is 0.822. The lowest BCUT2D eigenvalue weighted by molar-refractivity contribution is 1.08. The van der Waals surface area contributed by atoms with Crippen LogP contribution in [0.1, 0.15) is 16.7 Å². The summed E-state index contributed by atoms with van der Waals surface area (Å²) in [4.78, 5) is 12.7. The van der Waals surface area contributed by atoms with Crippen molar-refractivity contribution in [2.24, 2.45) is 0 Å². The van der Waals surface area contributed by atoms with Crippen molar-refractivity contribution in [3.63, 3.8) is 0 Å². The van der Waals surface area contributed by atoms with E-state index in [2.05, 4.69) is 52.3 Å². The fraction of sp³-hybridized carbons (Fsp3) is 0.188. The highest BCUT2D eigenvalue weighted by Gasteiger charge is 2.04. The van der Waals surface area contributed by atoms with Gasteiger partial charge in [-0.25, -0.2) is 9.97 Å². The first-order chi connectivity index (χ1) is 9.74. The third kappa shape index (κ3) is 2.45. The zero-order chi connectivity index (χ0) is 13.9. The normalized spacial score (nSPS) is 10.7. The summed E-state index contributed by atoms with van der Waals surface area (Å²) in [6.07, 6.45) is 5.11.